The Hall–Kier alpha value is -3.37. The molecule has 6 nitrogen and oxygen atoms in total. The van der Waals surface area contributed by atoms with Crippen LogP contribution in [0.1, 0.15) is 36.5 Å². The molecule has 38 heavy (non-hydrogen) atoms. The molecule has 1 N–H and O–H groups in total. The van der Waals surface area contributed by atoms with Gasteiger partial charge >= 0.3 is 18.1 Å². The van der Waals surface area contributed by atoms with Crippen LogP contribution in [-0.2, 0) is 31.8 Å². The van der Waals surface area contributed by atoms with Crippen molar-refractivity contribution in [2.45, 2.75) is 32.5 Å². The molecular weight excluding hydrogens is 528 g/mol. The van der Waals surface area contributed by atoms with Crippen molar-refractivity contribution in [3.05, 3.63) is 92.5 Å². The molecule has 2 aromatic rings. The fraction of sp³-hybridized carbons (Fsp3) is 0.333. The number of esters is 2. The molecule has 1 aliphatic heterocycles. The van der Waals surface area contributed by atoms with Crippen LogP contribution in [0.25, 0.3) is 0 Å². The predicted molar refractivity (Wildman–Crippen MR) is 133 cm³/mol. The summed E-state index contributed by atoms with van der Waals surface area (Å²) < 4.78 is 67.7. The van der Waals surface area contributed by atoms with Crippen LogP contribution in [0.2, 0.25) is 5.02 Å². The Morgan fingerprint density at radius 3 is 2.21 bits per heavy atom. The molecule has 11 heteroatoms. The van der Waals surface area contributed by atoms with Gasteiger partial charge in [-0.25, -0.2) is 14.0 Å². The van der Waals surface area contributed by atoms with Gasteiger partial charge in [0.2, 0.25) is 0 Å². The zero-order valence-corrected chi connectivity index (χ0v) is 22.0. The van der Waals surface area contributed by atoms with Gasteiger partial charge in [-0.2, -0.15) is 13.2 Å². The van der Waals surface area contributed by atoms with E-state index in [0.29, 0.717) is 13.1 Å². The highest BCUT2D eigenvalue weighted by Gasteiger charge is 2.46. The lowest BCUT2D eigenvalue weighted by atomic mass is 9.78. The first-order chi connectivity index (χ1) is 17.9. The van der Waals surface area contributed by atoms with Gasteiger partial charge in [-0.15, -0.1) is 0 Å². The van der Waals surface area contributed by atoms with E-state index < -0.39 is 46.0 Å². The molecule has 0 radical (unpaired) electrons. The summed E-state index contributed by atoms with van der Waals surface area (Å²) in [6.45, 7) is 3.62. The molecule has 2 aromatic carbocycles. The summed E-state index contributed by atoms with van der Waals surface area (Å²) in [6, 6.07) is 11.1. The van der Waals surface area contributed by atoms with Gasteiger partial charge in [0.1, 0.15) is 12.4 Å². The second kappa shape index (κ2) is 12.0. The summed E-state index contributed by atoms with van der Waals surface area (Å²) in [5.74, 6) is -5.11. The molecule has 3 rings (SSSR count). The van der Waals surface area contributed by atoms with Gasteiger partial charge in [-0.1, -0.05) is 41.9 Å². The molecule has 204 valence electrons. The van der Waals surface area contributed by atoms with Crippen LogP contribution >= 0.6 is 11.6 Å². The van der Waals surface area contributed by atoms with Crippen LogP contribution in [0, 0.1) is 5.82 Å². The van der Waals surface area contributed by atoms with Crippen molar-refractivity contribution in [2.24, 2.45) is 0 Å². The second-order valence-electron chi connectivity index (χ2n) is 8.80. The lowest BCUT2D eigenvalue weighted by Gasteiger charge is -2.32. The first kappa shape index (κ1) is 29.2. The number of halogens is 5. The molecule has 0 aliphatic carbocycles. The van der Waals surface area contributed by atoms with Crippen LogP contribution in [0.5, 0.6) is 0 Å². The largest absolute Gasteiger partial charge is 0.466 e. The lowest BCUT2D eigenvalue weighted by Crippen LogP contribution is -2.34. The standard InChI is InChI=1S/C27H27ClF4N2O4/c1-15-20(25(35)37-4)23(22-19(29)11-10-18(28)24(22)27(30,31)32)21(16(2)33-15)26(36)38-13-12-34(3)14-17-8-6-5-7-9-17/h5-11,23,33H,12-14H2,1-4H3. The van der Waals surface area contributed by atoms with Crippen LogP contribution < -0.4 is 5.32 Å². The van der Waals surface area contributed by atoms with Crippen molar-refractivity contribution in [1.29, 1.82) is 0 Å². The zero-order valence-electron chi connectivity index (χ0n) is 21.2. The van der Waals surface area contributed by atoms with Crippen molar-refractivity contribution in [3.63, 3.8) is 0 Å². The third kappa shape index (κ3) is 6.36. The third-order valence-electron chi connectivity index (χ3n) is 6.10. The maximum Gasteiger partial charge on any atom is 0.418 e. The van der Waals surface area contributed by atoms with Crippen LogP contribution in [0.15, 0.2) is 65.0 Å². The number of allylic oxidation sites excluding steroid dienone is 2. The van der Waals surface area contributed by atoms with Gasteiger partial charge in [0.15, 0.2) is 0 Å². The van der Waals surface area contributed by atoms with Crippen molar-refractivity contribution < 1.29 is 36.6 Å². The fourth-order valence-corrected chi connectivity index (χ4v) is 4.69. The summed E-state index contributed by atoms with van der Waals surface area (Å²) in [7, 11) is 2.85. The minimum Gasteiger partial charge on any atom is -0.466 e. The summed E-state index contributed by atoms with van der Waals surface area (Å²) in [5, 5.41) is 2.03. The van der Waals surface area contributed by atoms with Gasteiger partial charge in [0.25, 0.3) is 0 Å². The normalized spacial score (nSPS) is 16.0. The van der Waals surface area contributed by atoms with E-state index in [1.807, 2.05) is 42.3 Å². The Labute approximate surface area is 222 Å². The molecule has 0 spiro atoms. The third-order valence-corrected chi connectivity index (χ3v) is 6.42. The number of dihydropyridines is 1. The number of benzene rings is 2. The molecule has 1 atom stereocenters. The molecular formula is C27H27ClF4N2O4. The van der Waals surface area contributed by atoms with Crippen LogP contribution in [0.4, 0.5) is 17.6 Å². The van der Waals surface area contributed by atoms with E-state index in [2.05, 4.69) is 5.32 Å². The molecule has 1 aliphatic rings. The topological polar surface area (TPSA) is 67.9 Å². The average Bonchev–Trinajstić information content (AvgIpc) is 2.84. The Balaban J connectivity index is 1.99. The second-order valence-corrected chi connectivity index (χ2v) is 9.21. The number of rotatable bonds is 8. The van der Waals surface area contributed by atoms with Crippen LogP contribution in [0.3, 0.4) is 0 Å². The summed E-state index contributed by atoms with van der Waals surface area (Å²) >= 11 is 5.88. The molecule has 0 fully saturated rings. The van der Waals surface area contributed by atoms with E-state index in [-0.39, 0.29) is 29.1 Å². The number of carbonyl (C=O) groups is 2. The Morgan fingerprint density at radius 1 is 1.03 bits per heavy atom. The number of ether oxygens (including phenoxy) is 2. The first-order valence-corrected chi connectivity index (χ1v) is 12.0. The van der Waals surface area contributed by atoms with Gasteiger partial charge < -0.3 is 14.8 Å². The summed E-state index contributed by atoms with van der Waals surface area (Å²) in [6.07, 6.45) is -5.09. The van der Waals surface area contributed by atoms with Gasteiger partial charge in [-0.3, -0.25) is 4.90 Å². The van der Waals surface area contributed by atoms with Crippen LogP contribution in [-0.4, -0.2) is 44.1 Å². The number of hydrogen-bond acceptors (Lipinski definition) is 6. The molecule has 0 aromatic heterocycles. The fourth-order valence-electron chi connectivity index (χ4n) is 4.42. The summed E-state index contributed by atoms with van der Waals surface area (Å²) in [4.78, 5) is 27.9. The van der Waals surface area contributed by atoms with Gasteiger partial charge in [0.05, 0.1) is 34.8 Å². The Kier molecular flexibility index (Phi) is 9.22. The number of likely N-dealkylation sites (N-methyl/N-ethyl adjacent to an activating group) is 1. The smallest absolute Gasteiger partial charge is 0.418 e. The van der Waals surface area contributed by atoms with E-state index >= 15 is 4.39 Å². The average molecular weight is 555 g/mol. The van der Waals surface area contributed by atoms with E-state index in [0.717, 1.165) is 24.8 Å². The molecule has 0 saturated carbocycles. The molecule has 0 amide bonds. The van der Waals surface area contributed by atoms with Crippen molar-refractivity contribution in [2.75, 3.05) is 27.3 Å². The minimum atomic E-state index is -5.09. The highest BCUT2D eigenvalue weighted by molar-refractivity contribution is 6.31. The highest BCUT2D eigenvalue weighted by atomic mass is 35.5. The maximum atomic E-state index is 15.2. The molecule has 1 heterocycles. The van der Waals surface area contributed by atoms with E-state index in [4.69, 9.17) is 21.1 Å². The van der Waals surface area contributed by atoms with Gasteiger partial charge in [-0.05, 0) is 38.6 Å². The van der Waals surface area contributed by atoms with E-state index in [1.54, 1.807) is 0 Å². The van der Waals surface area contributed by atoms with Crippen molar-refractivity contribution >= 4 is 23.5 Å². The SMILES string of the molecule is COC(=O)C1=C(C)NC(C)=C(C(=O)OCCN(C)Cc2ccccc2)C1c1c(F)ccc(Cl)c1C(F)(F)F. The number of hydrogen-bond donors (Lipinski definition) is 1. The predicted octanol–water partition coefficient (Wildman–Crippen LogP) is 5.58. The quantitative estimate of drug-likeness (QED) is 0.339. The Bertz CT molecular complexity index is 1280. The molecule has 1 unspecified atom stereocenters. The number of nitrogens with one attached hydrogen (secondary N) is 1. The van der Waals surface area contributed by atoms with Crippen molar-refractivity contribution in [3.8, 4) is 0 Å². The Morgan fingerprint density at radius 2 is 1.63 bits per heavy atom. The molecule has 0 bridgehead atoms. The lowest BCUT2D eigenvalue weighted by molar-refractivity contribution is -0.142. The first-order valence-electron chi connectivity index (χ1n) is 11.6. The maximum absolute atomic E-state index is 15.2. The monoisotopic (exact) mass is 554 g/mol. The van der Waals surface area contributed by atoms with E-state index in [9.17, 15) is 22.8 Å². The number of carbonyl (C=O) groups excluding carboxylic acids is 2. The van der Waals surface area contributed by atoms with Gasteiger partial charge in [0, 0.05) is 30.0 Å². The number of nitrogens with zero attached hydrogens (tertiary/aromatic N) is 1. The number of methoxy groups -OCH3 is 1. The minimum absolute atomic E-state index is 0.103. The zero-order chi connectivity index (χ0) is 28.2. The highest BCUT2D eigenvalue weighted by Crippen LogP contribution is 2.47. The summed E-state index contributed by atoms with van der Waals surface area (Å²) in [5.41, 5.74) is -1.91. The molecule has 0 saturated heterocycles. The van der Waals surface area contributed by atoms with E-state index in [1.165, 1.54) is 13.8 Å². The number of alkyl halides is 3. The van der Waals surface area contributed by atoms with Crippen molar-refractivity contribution in [1.82, 2.24) is 10.2 Å².